The summed E-state index contributed by atoms with van der Waals surface area (Å²) in [5, 5.41) is 14.7. The molecule has 7 nitrogen and oxygen atoms in total. The highest BCUT2D eigenvalue weighted by molar-refractivity contribution is 7.09. The number of piperidine rings is 1. The first-order valence-electron chi connectivity index (χ1n) is 10.4. The monoisotopic (exact) mass is 440 g/mol. The third-order valence-corrected chi connectivity index (χ3v) is 6.46. The lowest BCUT2D eigenvalue weighted by Gasteiger charge is -2.45. The number of aromatic nitrogens is 1. The van der Waals surface area contributed by atoms with Crippen LogP contribution in [0.3, 0.4) is 0 Å². The first-order chi connectivity index (χ1) is 14.8. The van der Waals surface area contributed by atoms with Crippen LogP contribution in [0.1, 0.15) is 44.2 Å². The number of benzene rings is 1. The van der Waals surface area contributed by atoms with Crippen molar-refractivity contribution in [3.05, 3.63) is 40.2 Å². The van der Waals surface area contributed by atoms with E-state index < -0.39 is 0 Å². The zero-order chi connectivity index (χ0) is 22.4. The van der Waals surface area contributed by atoms with Crippen LogP contribution in [-0.4, -0.2) is 47.0 Å². The normalized spacial score (nSPS) is 17.7. The Morgan fingerprint density at radius 2 is 2.10 bits per heavy atom. The van der Waals surface area contributed by atoms with E-state index in [1.54, 1.807) is 17.0 Å². The average Bonchev–Trinajstić information content (AvgIpc) is 3.24. The van der Waals surface area contributed by atoms with Crippen molar-refractivity contribution >= 4 is 23.2 Å². The molecular formula is C23H28N4O3S. The maximum Gasteiger partial charge on any atom is 0.249 e. The summed E-state index contributed by atoms with van der Waals surface area (Å²) >= 11 is 1.49. The minimum atomic E-state index is -0.281. The van der Waals surface area contributed by atoms with Crippen LogP contribution in [0.2, 0.25) is 0 Å². The number of ether oxygens (including phenoxy) is 1. The molecule has 1 saturated heterocycles. The average molecular weight is 441 g/mol. The van der Waals surface area contributed by atoms with Gasteiger partial charge in [0.25, 0.3) is 0 Å². The lowest BCUT2D eigenvalue weighted by molar-refractivity contribution is -0.147. The van der Waals surface area contributed by atoms with E-state index in [0.29, 0.717) is 25.3 Å². The third-order valence-electron chi connectivity index (χ3n) is 5.62. The topological polar surface area (TPSA) is 95.3 Å². The summed E-state index contributed by atoms with van der Waals surface area (Å²) < 4.78 is 5.28. The lowest BCUT2D eigenvalue weighted by atomic mass is 9.84. The first-order valence-corrected chi connectivity index (χ1v) is 11.3. The van der Waals surface area contributed by atoms with Gasteiger partial charge in [0.05, 0.1) is 29.8 Å². The second-order valence-electron chi connectivity index (χ2n) is 8.22. The molecule has 1 N–H and O–H groups in total. The van der Waals surface area contributed by atoms with Crippen LogP contribution in [0.5, 0.6) is 0 Å². The van der Waals surface area contributed by atoms with Gasteiger partial charge in [0, 0.05) is 29.6 Å². The van der Waals surface area contributed by atoms with Crippen molar-refractivity contribution in [3.63, 3.8) is 0 Å². The molecule has 31 heavy (non-hydrogen) atoms. The number of carbonyl (C=O) groups excluding carboxylic acids is 2. The van der Waals surface area contributed by atoms with Crippen LogP contribution >= 0.6 is 11.3 Å². The van der Waals surface area contributed by atoms with Gasteiger partial charge < -0.3 is 15.0 Å². The minimum absolute atomic E-state index is 0.0471. The summed E-state index contributed by atoms with van der Waals surface area (Å²) in [6.07, 6.45) is 1.51. The molecule has 0 aliphatic carbocycles. The summed E-state index contributed by atoms with van der Waals surface area (Å²) in [7, 11) is 0. The molecule has 1 aliphatic heterocycles. The molecule has 1 fully saturated rings. The fraction of sp³-hybridized carbons (Fsp3) is 0.478. The number of rotatable bonds is 7. The van der Waals surface area contributed by atoms with E-state index in [2.05, 4.69) is 16.4 Å². The van der Waals surface area contributed by atoms with Crippen molar-refractivity contribution in [3.8, 4) is 17.3 Å². The minimum Gasteiger partial charge on any atom is -0.372 e. The Bertz CT molecular complexity index is 962. The van der Waals surface area contributed by atoms with E-state index in [0.717, 1.165) is 29.1 Å². The van der Waals surface area contributed by atoms with Crippen molar-refractivity contribution in [2.24, 2.45) is 5.92 Å². The zero-order valence-electron chi connectivity index (χ0n) is 18.2. The van der Waals surface area contributed by atoms with Gasteiger partial charge in [-0.15, -0.1) is 11.3 Å². The van der Waals surface area contributed by atoms with Crippen LogP contribution in [0, 0.1) is 17.2 Å². The number of nitrogens with one attached hydrogen (secondary N) is 1. The van der Waals surface area contributed by atoms with Crippen LogP contribution in [-0.2, 0) is 20.9 Å². The number of likely N-dealkylation sites (tertiary alicyclic amines) is 1. The van der Waals surface area contributed by atoms with E-state index in [-0.39, 0.29) is 29.9 Å². The van der Waals surface area contributed by atoms with Gasteiger partial charge in [-0.1, -0.05) is 12.1 Å². The molecule has 2 heterocycles. The zero-order valence-corrected chi connectivity index (χ0v) is 19.0. The number of thiazole rings is 1. The predicted octanol–water partition coefficient (Wildman–Crippen LogP) is 3.35. The fourth-order valence-corrected chi connectivity index (χ4v) is 4.43. The largest absolute Gasteiger partial charge is 0.372 e. The van der Waals surface area contributed by atoms with Gasteiger partial charge in [-0.2, -0.15) is 5.26 Å². The molecule has 0 spiro atoms. The fourth-order valence-electron chi connectivity index (χ4n) is 3.69. The summed E-state index contributed by atoms with van der Waals surface area (Å²) in [5.74, 6) is -0.368. The number of hydrogen-bond acceptors (Lipinski definition) is 6. The molecule has 8 heteroatoms. The Labute approximate surface area is 187 Å². The van der Waals surface area contributed by atoms with Gasteiger partial charge in [-0.25, -0.2) is 4.98 Å². The van der Waals surface area contributed by atoms with Crippen molar-refractivity contribution in [2.45, 2.75) is 45.7 Å². The molecule has 2 aromatic rings. The number of carbonyl (C=O) groups is 2. The Balaban J connectivity index is 1.57. The number of hydrogen-bond donors (Lipinski definition) is 1. The molecule has 1 unspecified atom stereocenters. The summed E-state index contributed by atoms with van der Waals surface area (Å²) in [4.78, 5) is 31.7. The molecule has 1 aromatic carbocycles. The molecule has 2 amide bonds. The van der Waals surface area contributed by atoms with Crippen LogP contribution in [0.15, 0.2) is 29.6 Å². The van der Waals surface area contributed by atoms with Crippen LogP contribution in [0.4, 0.5) is 0 Å². The SMILES string of the molecule is CCOCC(=O)N1CC(C(=O)NCc2nc(-c3ccc(C#N)cc3)cs2)CCC1(C)C. The molecule has 1 aliphatic rings. The van der Waals surface area contributed by atoms with Crippen molar-refractivity contribution in [1.29, 1.82) is 5.26 Å². The highest BCUT2D eigenvalue weighted by Gasteiger charge is 2.39. The van der Waals surface area contributed by atoms with E-state index in [1.807, 2.05) is 38.3 Å². The maximum atomic E-state index is 12.8. The van der Waals surface area contributed by atoms with Crippen LogP contribution < -0.4 is 5.32 Å². The molecule has 3 rings (SSSR count). The number of nitrogens with zero attached hydrogens (tertiary/aromatic N) is 3. The number of amides is 2. The van der Waals surface area contributed by atoms with Crippen molar-refractivity contribution in [1.82, 2.24) is 15.2 Å². The molecule has 0 bridgehead atoms. The second-order valence-corrected chi connectivity index (χ2v) is 9.17. The van der Waals surface area contributed by atoms with Gasteiger partial charge in [-0.3, -0.25) is 9.59 Å². The Kier molecular flexibility index (Phi) is 7.42. The van der Waals surface area contributed by atoms with Gasteiger partial charge in [0.2, 0.25) is 11.8 Å². The Morgan fingerprint density at radius 3 is 2.77 bits per heavy atom. The molecule has 0 saturated carbocycles. The van der Waals surface area contributed by atoms with E-state index in [1.165, 1.54) is 11.3 Å². The quantitative estimate of drug-likeness (QED) is 0.712. The van der Waals surface area contributed by atoms with Gasteiger partial charge >= 0.3 is 0 Å². The predicted molar refractivity (Wildman–Crippen MR) is 119 cm³/mol. The Hall–Kier alpha value is -2.76. The smallest absolute Gasteiger partial charge is 0.249 e. The van der Waals surface area contributed by atoms with E-state index in [4.69, 9.17) is 10.00 Å². The highest BCUT2D eigenvalue weighted by Crippen LogP contribution is 2.31. The van der Waals surface area contributed by atoms with Gasteiger partial charge in [0.15, 0.2) is 0 Å². The highest BCUT2D eigenvalue weighted by atomic mass is 32.1. The third kappa shape index (κ3) is 5.69. The second kappa shape index (κ2) is 10.0. The van der Waals surface area contributed by atoms with Crippen molar-refractivity contribution < 1.29 is 14.3 Å². The summed E-state index contributed by atoms with van der Waals surface area (Å²) in [6.45, 7) is 7.21. The summed E-state index contributed by atoms with van der Waals surface area (Å²) in [5.41, 5.74) is 2.09. The van der Waals surface area contributed by atoms with Crippen LogP contribution in [0.25, 0.3) is 11.3 Å². The van der Waals surface area contributed by atoms with E-state index in [9.17, 15) is 9.59 Å². The molecule has 1 atom stereocenters. The molecule has 164 valence electrons. The maximum absolute atomic E-state index is 12.8. The number of nitriles is 1. The molecular weight excluding hydrogens is 412 g/mol. The molecule has 1 aromatic heterocycles. The Morgan fingerprint density at radius 1 is 1.35 bits per heavy atom. The standard InChI is InChI=1S/C23H28N4O3S/c1-4-30-14-21(28)27-13-18(9-10-23(27,2)3)22(29)25-12-20-26-19(15-31-20)17-7-5-16(11-24)6-8-17/h5-8,15,18H,4,9-10,12-14H2,1-3H3,(H,25,29). The van der Waals surface area contributed by atoms with Gasteiger partial charge in [0.1, 0.15) is 11.6 Å². The first kappa shape index (κ1) is 22.9. The molecule has 0 radical (unpaired) electrons. The van der Waals surface area contributed by atoms with E-state index >= 15 is 0 Å². The van der Waals surface area contributed by atoms with Gasteiger partial charge in [-0.05, 0) is 45.7 Å². The van der Waals surface area contributed by atoms with Crippen molar-refractivity contribution in [2.75, 3.05) is 19.8 Å². The summed E-state index contributed by atoms with van der Waals surface area (Å²) in [6, 6.07) is 9.37. The lowest BCUT2D eigenvalue weighted by Crippen LogP contribution is -2.56.